The summed E-state index contributed by atoms with van der Waals surface area (Å²) < 4.78 is 4.98. The van der Waals surface area contributed by atoms with E-state index in [1.165, 1.54) is 21.1 Å². The van der Waals surface area contributed by atoms with Crippen molar-refractivity contribution in [2.24, 2.45) is 17.2 Å². The van der Waals surface area contributed by atoms with E-state index >= 15 is 0 Å². The third kappa shape index (κ3) is 95.3. The second kappa shape index (κ2) is 71.2. The van der Waals surface area contributed by atoms with Crippen LogP contribution in [0.3, 0.4) is 0 Å². The minimum atomic E-state index is 0.855. The summed E-state index contributed by atoms with van der Waals surface area (Å²) in [5.41, 5.74) is 13.5. The molecule has 0 bridgehead atoms. The van der Waals surface area contributed by atoms with Gasteiger partial charge in [-0.2, -0.15) is 0 Å². The van der Waals surface area contributed by atoms with Crippen molar-refractivity contribution in [2.75, 3.05) is 34.4 Å². The molecule has 0 radical (unpaired) electrons. The van der Waals surface area contributed by atoms with Crippen molar-refractivity contribution in [3.05, 3.63) is 0 Å². The molecule has 0 amide bonds. The molecule has 0 rings (SSSR count). The second-order valence-electron chi connectivity index (χ2n) is 1.20. The van der Waals surface area contributed by atoms with Gasteiger partial charge >= 0.3 is 0 Å². The van der Waals surface area contributed by atoms with E-state index in [1.54, 1.807) is 0 Å². The zero-order chi connectivity index (χ0) is 10.8. The van der Waals surface area contributed by atoms with Gasteiger partial charge in [0.2, 0.25) is 0 Å². The molecule has 0 aromatic rings. The van der Waals surface area contributed by atoms with E-state index in [9.17, 15) is 0 Å². The van der Waals surface area contributed by atoms with Crippen LogP contribution in [0.5, 0.6) is 0 Å². The van der Waals surface area contributed by atoms with Crippen molar-refractivity contribution in [3.63, 3.8) is 0 Å². The van der Waals surface area contributed by atoms with Crippen molar-refractivity contribution >= 4 is 0 Å². The topological polar surface area (TPSA) is 87.3 Å². The van der Waals surface area contributed by atoms with Gasteiger partial charge in [0.25, 0.3) is 0 Å². The van der Waals surface area contributed by atoms with Gasteiger partial charge in [0.1, 0.15) is 0 Å². The van der Waals surface area contributed by atoms with E-state index in [0.717, 1.165) is 19.6 Å². The lowest BCUT2D eigenvalue weighted by atomic mass is 10.5. The molecule has 4 heteroatoms. The number of ether oxygens (including phenoxy) is 1. The number of rotatable bonds is 3. The highest BCUT2D eigenvalue weighted by Gasteiger charge is 1.72. The average Bonchev–Trinajstić information content (AvgIpc) is 2.24. The first-order valence-electron chi connectivity index (χ1n) is 4.22. The summed E-state index contributed by atoms with van der Waals surface area (Å²) in [5, 5.41) is 0. The first kappa shape index (κ1) is 22.6. The molecule has 0 saturated heterocycles. The summed E-state index contributed by atoms with van der Waals surface area (Å²) in [5.74, 6) is 0. The third-order valence-electron chi connectivity index (χ3n) is 0.553. The van der Waals surface area contributed by atoms with Crippen molar-refractivity contribution in [3.8, 4) is 0 Å². The molecule has 0 aromatic heterocycles. The van der Waals surface area contributed by atoms with Crippen molar-refractivity contribution < 1.29 is 4.74 Å². The van der Waals surface area contributed by atoms with Gasteiger partial charge in [0.15, 0.2) is 0 Å². The molecule has 80 valence electrons. The minimum Gasteiger partial charge on any atom is -0.382 e. The summed E-state index contributed by atoms with van der Waals surface area (Å²) in [6.07, 6.45) is 1.13. The maximum atomic E-state index is 4.98. The van der Waals surface area contributed by atoms with E-state index in [4.69, 9.17) is 4.74 Å². The molecule has 0 fully saturated rings. The van der Waals surface area contributed by atoms with Crippen LogP contribution in [-0.4, -0.2) is 34.4 Å². The van der Waals surface area contributed by atoms with Crippen LogP contribution in [0.2, 0.25) is 0 Å². The third-order valence-corrected chi connectivity index (χ3v) is 0.553. The fourth-order valence-corrected chi connectivity index (χ4v) is 0.289. The van der Waals surface area contributed by atoms with E-state index in [1.807, 2.05) is 6.92 Å². The Morgan fingerprint density at radius 1 is 0.833 bits per heavy atom. The Labute approximate surface area is 77.4 Å². The molecular weight excluding hydrogens is 154 g/mol. The molecule has 0 aliphatic heterocycles. The lowest BCUT2D eigenvalue weighted by molar-refractivity contribution is 0.148. The Morgan fingerprint density at radius 3 is 1.25 bits per heavy atom. The van der Waals surface area contributed by atoms with Crippen LogP contribution in [0.25, 0.3) is 0 Å². The van der Waals surface area contributed by atoms with E-state index in [-0.39, 0.29) is 0 Å². The molecule has 6 N–H and O–H groups in total. The predicted octanol–water partition coefficient (Wildman–Crippen LogP) is 0.158. The lowest BCUT2D eigenvalue weighted by Crippen LogP contribution is -1.88. The van der Waals surface area contributed by atoms with Gasteiger partial charge in [-0.25, -0.2) is 0 Å². The van der Waals surface area contributed by atoms with Crippen LogP contribution >= 0.6 is 0 Å². The summed E-state index contributed by atoms with van der Waals surface area (Å²) in [6, 6.07) is 0. The zero-order valence-electron chi connectivity index (χ0n) is 9.26. The Bertz CT molecular complexity index is 26.3. The molecular formula is C8H27N3O. The highest BCUT2D eigenvalue weighted by molar-refractivity contribution is 4.19. The SMILES string of the molecule is CCCOCC.CN.CN.CN. The molecule has 0 aromatic carbocycles. The van der Waals surface area contributed by atoms with Crippen LogP contribution in [0, 0.1) is 0 Å². The number of nitrogens with two attached hydrogens (primary N) is 3. The second-order valence-corrected chi connectivity index (χ2v) is 1.20. The monoisotopic (exact) mass is 181 g/mol. The van der Waals surface area contributed by atoms with Crippen LogP contribution in [0.1, 0.15) is 20.3 Å². The molecule has 0 heterocycles. The minimum absolute atomic E-state index is 0.855. The highest BCUT2D eigenvalue weighted by atomic mass is 16.5. The molecule has 0 saturated carbocycles. The normalized spacial score (nSPS) is 6.00. The van der Waals surface area contributed by atoms with E-state index in [2.05, 4.69) is 24.1 Å². The van der Waals surface area contributed by atoms with Gasteiger partial charge in [-0.15, -0.1) is 0 Å². The molecule has 0 aliphatic rings. The zero-order valence-corrected chi connectivity index (χ0v) is 9.26. The summed E-state index contributed by atoms with van der Waals surface area (Å²) in [6.45, 7) is 5.88. The van der Waals surface area contributed by atoms with Crippen molar-refractivity contribution in [1.29, 1.82) is 0 Å². The Morgan fingerprint density at radius 2 is 1.17 bits per heavy atom. The highest BCUT2D eigenvalue weighted by Crippen LogP contribution is 1.75. The van der Waals surface area contributed by atoms with Crippen LogP contribution in [0.15, 0.2) is 0 Å². The Hall–Kier alpha value is -0.160. The first-order valence-corrected chi connectivity index (χ1v) is 4.22. The average molecular weight is 181 g/mol. The fourth-order valence-electron chi connectivity index (χ4n) is 0.289. The molecule has 12 heavy (non-hydrogen) atoms. The first-order chi connectivity index (χ1) is 5.91. The lowest BCUT2D eigenvalue weighted by Gasteiger charge is -1.91. The smallest absolute Gasteiger partial charge is 0.0463 e. The Kier molecular flexibility index (Phi) is 134. The molecule has 0 atom stereocenters. The number of hydrogen-bond donors (Lipinski definition) is 3. The van der Waals surface area contributed by atoms with Crippen LogP contribution < -0.4 is 17.2 Å². The van der Waals surface area contributed by atoms with E-state index < -0.39 is 0 Å². The van der Waals surface area contributed by atoms with Gasteiger partial charge in [0.05, 0.1) is 0 Å². The maximum Gasteiger partial charge on any atom is 0.0463 e. The van der Waals surface area contributed by atoms with Crippen molar-refractivity contribution in [2.45, 2.75) is 20.3 Å². The molecule has 0 spiro atoms. The van der Waals surface area contributed by atoms with Crippen molar-refractivity contribution in [1.82, 2.24) is 0 Å². The molecule has 0 aliphatic carbocycles. The summed E-state index contributed by atoms with van der Waals surface area (Å²) in [4.78, 5) is 0. The number of hydrogen-bond acceptors (Lipinski definition) is 4. The standard InChI is InChI=1S/C5H12O.3CH5N/c1-3-5-6-4-2;3*1-2/h3-5H2,1-2H3;3*2H2,1H3. The molecule has 0 unspecified atom stereocenters. The van der Waals surface area contributed by atoms with Crippen LogP contribution in [-0.2, 0) is 4.74 Å². The summed E-state index contributed by atoms with van der Waals surface area (Å²) >= 11 is 0. The predicted molar refractivity (Wildman–Crippen MR) is 57.1 cm³/mol. The van der Waals surface area contributed by atoms with Gasteiger partial charge in [-0.1, -0.05) is 6.92 Å². The van der Waals surface area contributed by atoms with Gasteiger partial charge in [-0.05, 0) is 34.5 Å². The van der Waals surface area contributed by atoms with Gasteiger partial charge in [0, 0.05) is 13.2 Å². The maximum absolute atomic E-state index is 4.98. The van der Waals surface area contributed by atoms with Crippen LogP contribution in [0.4, 0.5) is 0 Å². The fraction of sp³-hybridized carbons (Fsp3) is 1.00. The van der Waals surface area contributed by atoms with Gasteiger partial charge in [-0.3, -0.25) is 0 Å². The van der Waals surface area contributed by atoms with Gasteiger partial charge < -0.3 is 21.9 Å². The Balaban J connectivity index is -0.0000000453. The largest absolute Gasteiger partial charge is 0.382 e. The quantitative estimate of drug-likeness (QED) is 0.541. The van der Waals surface area contributed by atoms with E-state index in [0.29, 0.717) is 0 Å². The summed E-state index contributed by atoms with van der Waals surface area (Å²) in [7, 11) is 4.50. The molecule has 4 nitrogen and oxygen atoms in total.